The Morgan fingerprint density at radius 3 is 2.50 bits per heavy atom. The number of nitro benzene ring substituents is 1. The third kappa shape index (κ3) is 5.19. The first-order valence-corrected chi connectivity index (χ1v) is 8.59. The van der Waals surface area contributed by atoms with Gasteiger partial charge in [0.25, 0.3) is 11.6 Å². The lowest BCUT2D eigenvalue weighted by Gasteiger charge is -2.14. The van der Waals surface area contributed by atoms with Gasteiger partial charge in [0.1, 0.15) is 11.4 Å². The zero-order valence-corrected chi connectivity index (χ0v) is 15.3. The van der Waals surface area contributed by atoms with Crippen LogP contribution in [0.2, 0.25) is 0 Å². The number of amides is 1. The second-order valence-corrected chi connectivity index (χ2v) is 6.02. The predicted molar refractivity (Wildman–Crippen MR) is 102 cm³/mol. The van der Waals surface area contributed by atoms with E-state index in [0.717, 1.165) is 5.56 Å². The van der Waals surface area contributed by atoms with Gasteiger partial charge in [-0.3, -0.25) is 19.7 Å². The Balaban J connectivity index is 2.05. The molecular weight excluding hydrogens is 366 g/mol. The van der Waals surface area contributed by atoms with Gasteiger partial charge in [0, 0.05) is 12.6 Å². The van der Waals surface area contributed by atoms with Crippen molar-refractivity contribution in [3.05, 3.63) is 63.7 Å². The molecule has 0 aliphatic rings. The van der Waals surface area contributed by atoms with Gasteiger partial charge >= 0.3 is 5.97 Å². The Labute approximate surface area is 161 Å². The number of hydrogen-bond acceptors (Lipinski definition) is 6. The number of nitrogen functional groups attached to an aromatic ring is 1. The quantitative estimate of drug-likeness (QED) is 0.340. The van der Waals surface area contributed by atoms with Crippen LogP contribution < -0.4 is 15.8 Å². The van der Waals surface area contributed by atoms with E-state index in [4.69, 9.17) is 10.5 Å². The second-order valence-electron chi connectivity index (χ2n) is 6.02. The fraction of sp³-hybridized carbons (Fsp3) is 0.263. The Morgan fingerprint density at radius 1 is 1.25 bits per heavy atom. The number of nitrogens with two attached hydrogens (primary N) is 1. The highest BCUT2D eigenvalue weighted by Gasteiger charge is 2.22. The van der Waals surface area contributed by atoms with Gasteiger partial charge < -0.3 is 20.9 Å². The number of rotatable bonds is 9. The molecule has 0 aliphatic heterocycles. The largest absolute Gasteiger partial charge is 0.494 e. The van der Waals surface area contributed by atoms with Gasteiger partial charge in [-0.15, -0.1) is 0 Å². The molecule has 9 heteroatoms. The summed E-state index contributed by atoms with van der Waals surface area (Å²) in [6.07, 6.45) is 0.201. The topological polar surface area (TPSA) is 145 Å². The monoisotopic (exact) mass is 387 g/mol. The van der Waals surface area contributed by atoms with Crippen molar-refractivity contribution in [1.29, 1.82) is 0 Å². The van der Waals surface area contributed by atoms with E-state index in [2.05, 4.69) is 5.32 Å². The van der Waals surface area contributed by atoms with E-state index < -0.39 is 22.7 Å². The van der Waals surface area contributed by atoms with Crippen molar-refractivity contribution in [3.8, 4) is 5.75 Å². The Bertz CT molecular complexity index is 866. The molecule has 9 nitrogen and oxygen atoms in total. The van der Waals surface area contributed by atoms with E-state index in [-0.39, 0.29) is 29.9 Å². The van der Waals surface area contributed by atoms with Crippen LogP contribution in [0, 0.1) is 16.0 Å². The first kappa shape index (κ1) is 20.7. The van der Waals surface area contributed by atoms with Crippen LogP contribution >= 0.6 is 0 Å². The molecule has 0 aliphatic carbocycles. The molecule has 0 aromatic heterocycles. The minimum Gasteiger partial charge on any atom is -0.494 e. The first-order valence-electron chi connectivity index (χ1n) is 8.59. The molecule has 4 N–H and O–H groups in total. The van der Waals surface area contributed by atoms with E-state index in [9.17, 15) is 24.8 Å². The van der Waals surface area contributed by atoms with Crippen molar-refractivity contribution >= 4 is 23.3 Å². The minimum atomic E-state index is -1.07. The highest BCUT2D eigenvalue weighted by Crippen LogP contribution is 2.24. The Kier molecular flexibility index (Phi) is 6.91. The summed E-state index contributed by atoms with van der Waals surface area (Å²) in [5.74, 6) is -1.92. The van der Waals surface area contributed by atoms with Crippen molar-refractivity contribution < 1.29 is 24.4 Å². The highest BCUT2D eigenvalue weighted by molar-refractivity contribution is 6.01. The van der Waals surface area contributed by atoms with Gasteiger partial charge in [0.2, 0.25) is 0 Å². The lowest BCUT2D eigenvalue weighted by molar-refractivity contribution is -0.383. The molecule has 148 valence electrons. The van der Waals surface area contributed by atoms with Crippen LogP contribution in [0.5, 0.6) is 5.75 Å². The van der Waals surface area contributed by atoms with Crippen LogP contribution in [0.3, 0.4) is 0 Å². The summed E-state index contributed by atoms with van der Waals surface area (Å²) >= 11 is 0. The fourth-order valence-electron chi connectivity index (χ4n) is 2.64. The molecule has 0 bridgehead atoms. The van der Waals surface area contributed by atoms with Crippen LogP contribution in [0.25, 0.3) is 0 Å². The van der Waals surface area contributed by atoms with E-state index in [1.807, 2.05) is 6.92 Å². The molecule has 28 heavy (non-hydrogen) atoms. The second kappa shape index (κ2) is 9.36. The average molecular weight is 387 g/mol. The maximum atomic E-state index is 12.3. The number of carboxylic acid groups (broad SMARTS) is 1. The summed E-state index contributed by atoms with van der Waals surface area (Å²) in [5.41, 5.74) is 5.75. The molecule has 0 saturated carbocycles. The van der Waals surface area contributed by atoms with E-state index >= 15 is 0 Å². The molecule has 2 aromatic carbocycles. The van der Waals surface area contributed by atoms with Gasteiger partial charge in [0.05, 0.1) is 23.0 Å². The summed E-state index contributed by atoms with van der Waals surface area (Å²) in [7, 11) is 0. The number of hydrogen-bond donors (Lipinski definition) is 3. The number of nitrogens with zero attached hydrogens (tertiary/aromatic N) is 1. The fourth-order valence-corrected chi connectivity index (χ4v) is 2.64. The molecule has 1 atom stereocenters. The third-order valence-corrected chi connectivity index (χ3v) is 4.10. The summed E-state index contributed by atoms with van der Waals surface area (Å²) in [6.45, 7) is 2.25. The van der Waals surface area contributed by atoms with Gasteiger partial charge in [0.15, 0.2) is 0 Å². The SMILES string of the molecule is CCOc1ccc(CC(CNC(=O)c2cccc([N+](=O)[O-])c2N)C(=O)O)cc1. The van der Waals surface area contributed by atoms with Gasteiger partial charge in [-0.1, -0.05) is 18.2 Å². The molecule has 0 heterocycles. The summed E-state index contributed by atoms with van der Waals surface area (Å²) in [6, 6.07) is 10.9. The van der Waals surface area contributed by atoms with Gasteiger partial charge in [-0.2, -0.15) is 0 Å². The number of anilines is 1. The van der Waals surface area contributed by atoms with Gasteiger partial charge in [-0.05, 0) is 37.1 Å². The molecule has 0 saturated heterocycles. The van der Waals surface area contributed by atoms with Crippen molar-refractivity contribution in [3.63, 3.8) is 0 Å². The molecule has 0 radical (unpaired) electrons. The zero-order chi connectivity index (χ0) is 20.7. The van der Waals surface area contributed by atoms with E-state index in [1.165, 1.54) is 18.2 Å². The smallest absolute Gasteiger partial charge is 0.308 e. The average Bonchev–Trinajstić information content (AvgIpc) is 2.66. The number of carbonyl (C=O) groups is 2. The van der Waals surface area contributed by atoms with Crippen molar-refractivity contribution in [1.82, 2.24) is 5.32 Å². The van der Waals surface area contributed by atoms with Crippen molar-refractivity contribution in [2.24, 2.45) is 5.92 Å². The summed E-state index contributed by atoms with van der Waals surface area (Å²) in [4.78, 5) is 34.1. The number of nitrogens with one attached hydrogen (secondary N) is 1. The first-order chi connectivity index (χ1) is 13.3. The lowest BCUT2D eigenvalue weighted by atomic mass is 9.99. The standard InChI is InChI=1S/C19H21N3O6/c1-2-28-14-8-6-12(7-9-14)10-13(19(24)25)11-21-18(23)15-4-3-5-16(17(15)20)22(26)27/h3-9,13H,2,10-11,20H2,1H3,(H,21,23)(H,24,25). The minimum absolute atomic E-state index is 0.0700. The molecule has 2 aromatic rings. The highest BCUT2D eigenvalue weighted by atomic mass is 16.6. The van der Waals surface area contributed by atoms with E-state index in [0.29, 0.717) is 12.4 Å². The van der Waals surface area contributed by atoms with Crippen molar-refractivity contribution in [2.45, 2.75) is 13.3 Å². The molecule has 1 unspecified atom stereocenters. The van der Waals surface area contributed by atoms with Crippen LogP contribution in [-0.4, -0.2) is 35.1 Å². The molecule has 2 rings (SSSR count). The molecular formula is C19H21N3O6. The number of aliphatic carboxylic acids is 1. The number of ether oxygens (including phenoxy) is 1. The molecule has 1 amide bonds. The van der Waals surface area contributed by atoms with Crippen LogP contribution in [-0.2, 0) is 11.2 Å². The normalized spacial score (nSPS) is 11.5. The maximum Gasteiger partial charge on any atom is 0.308 e. The number of benzene rings is 2. The number of carboxylic acids is 1. The number of carbonyl (C=O) groups excluding carboxylic acids is 1. The van der Waals surface area contributed by atoms with Crippen LogP contribution in [0.15, 0.2) is 42.5 Å². The number of nitro groups is 1. The van der Waals surface area contributed by atoms with Gasteiger partial charge in [-0.25, -0.2) is 0 Å². The Hall–Kier alpha value is -3.62. The summed E-state index contributed by atoms with van der Waals surface area (Å²) < 4.78 is 5.35. The number of para-hydroxylation sites is 1. The van der Waals surface area contributed by atoms with E-state index in [1.54, 1.807) is 24.3 Å². The molecule has 0 spiro atoms. The van der Waals surface area contributed by atoms with Crippen molar-refractivity contribution in [2.75, 3.05) is 18.9 Å². The zero-order valence-electron chi connectivity index (χ0n) is 15.3. The molecule has 0 fully saturated rings. The lowest BCUT2D eigenvalue weighted by Crippen LogP contribution is -2.34. The third-order valence-electron chi connectivity index (χ3n) is 4.10. The Morgan fingerprint density at radius 2 is 1.93 bits per heavy atom. The van der Waals surface area contributed by atoms with Crippen LogP contribution in [0.1, 0.15) is 22.8 Å². The maximum absolute atomic E-state index is 12.3. The van der Waals surface area contributed by atoms with Crippen LogP contribution in [0.4, 0.5) is 11.4 Å². The predicted octanol–water partition coefficient (Wildman–Crippen LogP) is 2.25. The summed E-state index contributed by atoms with van der Waals surface area (Å²) in [5, 5.41) is 22.9.